The van der Waals surface area contributed by atoms with E-state index in [2.05, 4.69) is 0 Å². The van der Waals surface area contributed by atoms with Gasteiger partial charge >= 0.3 is 5.97 Å². The van der Waals surface area contributed by atoms with Crippen LogP contribution in [-0.2, 0) is 30.9 Å². The lowest BCUT2D eigenvalue weighted by Gasteiger charge is -2.31. The van der Waals surface area contributed by atoms with Crippen LogP contribution in [0.15, 0.2) is 53.4 Å². The standard InChI is InChI=1S/C23H26F2N2O5S/c1-16(22(28)26(2)15-17-6-4-3-5-7-17)32-23(29)18-10-12-27(13-11-18)33(30,31)19-8-9-20(24)21(25)14-19/h3-9,14,16,18H,10-13,15H2,1-2H3. The van der Waals surface area contributed by atoms with Crippen molar-refractivity contribution in [3.8, 4) is 0 Å². The summed E-state index contributed by atoms with van der Waals surface area (Å²) >= 11 is 0. The minimum Gasteiger partial charge on any atom is -0.452 e. The molecule has 178 valence electrons. The number of likely N-dealkylation sites (N-methyl/N-ethyl adjacent to an activating group) is 1. The molecular formula is C23H26F2N2O5S. The number of amides is 1. The molecule has 1 aliphatic rings. The number of benzene rings is 2. The van der Waals surface area contributed by atoms with Gasteiger partial charge in [-0.3, -0.25) is 9.59 Å². The average molecular weight is 481 g/mol. The van der Waals surface area contributed by atoms with Gasteiger partial charge in [0.15, 0.2) is 17.7 Å². The second-order valence-corrected chi connectivity index (χ2v) is 9.95. The van der Waals surface area contributed by atoms with E-state index in [1.54, 1.807) is 7.05 Å². The second kappa shape index (κ2) is 10.4. The summed E-state index contributed by atoms with van der Waals surface area (Å²) in [5.74, 6) is -3.84. The maximum absolute atomic E-state index is 13.5. The first-order chi connectivity index (χ1) is 15.6. The van der Waals surface area contributed by atoms with Crippen molar-refractivity contribution in [1.29, 1.82) is 0 Å². The molecule has 7 nitrogen and oxygen atoms in total. The molecule has 1 saturated heterocycles. The van der Waals surface area contributed by atoms with Crippen LogP contribution in [0.4, 0.5) is 8.78 Å². The molecule has 1 heterocycles. The van der Waals surface area contributed by atoms with E-state index in [-0.39, 0.29) is 36.7 Å². The molecule has 1 aliphatic heterocycles. The Balaban J connectivity index is 1.53. The number of esters is 1. The lowest BCUT2D eigenvalue weighted by molar-refractivity contribution is -0.163. The second-order valence-electron chi connectivity index (χ2n) is 8.01. The number of hydrogen-bond acceptors (Lipinski definition) is 5. The van der Waals surface area contributed by atoms with Crippen LogP contribution < -0.4 is 0 Å². The molecule has 1 atom stereocenters. The molecule has 0 N–H and O–H groups in total. The summed E-state index contributed by atoms with van der Waals surface area (Å²) in [6, 6.07) is 11.8. The van der Waals surface area contributed by atoms with E-state index < -0.39 is 39.6 Å². The Bertz CT molecular complexity index is 1100. The number of hydrogen-bond donors (Lipinski definition) is 0. The lowest BCUT2D eigenvalue weighted by Crippen LogP contribution is -2.42. The number of halogens is 2. The van der Waals surface area contributed by atoms with Gasteiger partial charge in [-0.15, -0.1) is 0 Å². The van der Waals surface area contributed by atoms with E-state index >= 15 is 0 Å². The Morgan fingerprint density at radius 2 is 1.73 bits per heavy atom. The molecule has 0 saturated carbocycles. The average Bonchev–Trinajstić information content (AvgIpc) is 2.80. The number of carbonyl (C=O) groups is 2. The van der Waals surface area contributed by atoms with Crippen LogP contribution in [-0.4, -0.2) is 55.7 Å². The number of sulfonamides is 1. The molecule has 1 unspecified atom stereocenters. The van der Waals surface area contributed by atoms with Gasteiger partial charge in [0.1, 0.15) is 0 Å². The van der Waals surface area contributed by atoms with E-state index in [9.17, 15) is 26.8 Å². The normalized spacial score (nSPS) is 16.2. The molecule has 33 heavy (non-hydrogen) atoms. The zero-order chi connectivity index (χ0) is 24.2. The molecule has 0 spiro atoms. The number of rotatable bonds is 7. The summed E-state index contributed by atoms with van der Waals surface area (Å²) in [5.41, 5.74) is 0.946. The van der Waals surface area contributed by atoms with Crippen molar-refractivity contribution in [2.24, 2.45) is 5.92 Å². The topological polar surface area (TPSA) is 84.0 Å². The fourth-order valence-electron chi connectivity index (χ4n) is 3.68. The highest BCUT2D eigenvalue weighted by atomic mass is 32.2. The lowest BCUT2D eigenvalue weighted by atomic mass is 9.98. The Labute approximate surface area is 192 Å². The van der Waals surface area contributed by atoms with E-state index in [1.165, 1.54) is 11.8 Å². The molecule has 2 aromatic rings. The van der Waals surface area contributed by atoms with E-state index in [0.717, 1.165) is 22.0 Å². The Morgan fingerprint density at radius 1 is 1.09 bits per heavy atom. The molecule has 0 aliphatic carbocycles. The van der Waals surface area contributed by atoms with Crippen molar-refractivity contribution < 1.29 is 31.5 Å². The molecule has 1 fully saturated rings. The zero-order valence-corrected chi connectivity index (χ0v) is 19.2. The SMILES string of the molecule is CC(OC(=O)C1CCN(S(=O)(=O)c2ccc(F)c(F)c2)CC1)C(=O)N(C)Cc1ccccc1. The van der Waals surface area contributed by atoms with Crippen LogP contribution in [0.3, 0.4) is 0 Å². The Hall–Kier alpha value is -2.85. The number of carbonyl (C=O) groups excluding carboxylic acids is 2. The smallest absolute Gasteiger partial charge is 0.309 e. The van der Waals surface area contributed by atoms with Crippen LogP contribution in [0.2, 0.25) is 0 Å². The van der Waals surface area contributed by atoms with Gasteiger partial charge < -0.3 is 9.64 Å². The van der Waals surface area contributed by atoms with Gasteiger partial charge in [-0.1, -0.05) is 30.3 Å². The first-order valence-electron chi connectivity index (χ1n) is 10.5. The van der Waals surface area contributed by atoms with Crippen LogP contribution in [0.5, 0.6) is 0 Å². The summed E-state index contributed by atoms with van der Waals surface area (Å²) in [4.78, 5) is 26.2. The van der Waals surface area contributed by atoms with Crippen LogP contribution >= 0.6 is 0 Å². The largest absolute Gasteiger partial charge is 0.452 e. The molecule has 0 radical (unpaired) electrons. The highest BCUT2D eigenvalue weighted by Crippen LogP contribution is 2.26. The van der Waals surface area contributed by atoms with Crippen molar-refractivity contribution in [2.45, 2.75) is 37.3 Å². The Morgan fingerprint density at radius 3 is 2.33 bits per heavy atom. The molecule has 0 aromatic heterocycles. The van der Waals surface area contributed by atoms with Crippen molar-refractivity contribution in [2.75, 3.05) is 20.1 Å². The quantitative estimate of drug-likeness (QED) is 0.569. The van der Waals surface area contributed by atoms with Gasteiger partial charge in [0.2, 0.25) is 10.0 Å². The van der Waals surface area contributed by atoms with Crippen molar-refractivity contribution >= 4 is 21.9 Å². The highest BCUT2D eigenvalue weighted by molar-refractivity contribution is 7.89. The van der Waals surface area contributed by atoms with E-state index in [1.807, 2.05) is 30.3 Å². The third-order valence-corrected chi connectivity index (χ3v) is 7.49. The summed E-state index contributed by atoms with van der Waals surface area (Å²) in [6.07, 6.45) is -0.583. The summed E-state index contributed by atoms with van der Waals surface area (Å²) < 4.78 is 58.5. The van der Waals surface area contributed by atoms with Gasteiger partial charge in [-0.05, 0) is 43.5 Å². The third kappa shape index (κ3) is 5.94. The van der Waals surface area contributed by atoms with E-state index in [4.69, 9.17) is 4.74 Å². The third-order valence-electron chi connectivity index (χ3n) is 5.60. The van der Waals surface area contributed by atoms with Crippen LogP contribution in [0.1, 0.15) is 25.3 Å². The first kappa shape index (κ1) is 24.8. The predicted octanol–water partition coefficient (Wildman–Crippen LogP) is 2.96. The van der Waals surface area contributed by atoms with Crippen LogP contribution in [0.25, 0.3) is 0 Å². The Kier molecular flexibility index (Phi) is 7.80. The van der Waals surface area contributed by atoms with Gasteiger partial charge in [0, 0.05) is 26.7 Å². The fraction of sp³-hybridized carbons (Fsp3) is 0.391. The fourth-order valence-corrected chi connectivity index (χ4v) is 5.17. The van der Waals surface area contributed by atoms with E-state index in [0.29, 0.717) is 12.6 Å². The molecular weight excluding hydrogens is 454 g/mol. The van der Waals surface area contributed by atoms with Crippen molar-refractivity contribution in [3.63, 3.8) is 0 Å². The zero-order valence-electron chi connectivity index (χ0n) is 18.4. The number of piperidine rings is 1. The monoisotopic (exact) mass is 480 g/mol. The minimum absolute atomic E-state index is 0.0251. The van der Waals surface area contributed by atoms with Crippen molar-refractivity contribution in [1.82, 2.24) is 9.21 Å². The van der Waals surface area contributed by atoms with Gasteiger partial charge in [-0.2, -0.15) is 4.31 Å². The maximum Gasteiger partial charge on any atom is 0.309 e. The maximum atomic E-state index is 13.5. The molecule has 1 amide bonds. The molecule has 2 aromatic carbocycles. The number of nitrogens with zero attached hydrogens (tertiary/aromatic N) is 2. The minimum atomic E-state index is -4.01. The highest BCUT2D eigenvalue weighted by Gasteiger charge is 2.34. The predicted molar refractivity (Wildman–Crippen MR) is 116 cm³/mol. The van der Waals surface area contributed by atoms with Gasteiger partial charge in [0.05, 0.1) is 10.8 Å². The van der Waals surface area contributed by atoms with Crippen molar-refractivity contribution in [3.05, 3.63) is 65.7 Å². The molecule has 0 bridgehead atoms. The summed E-state index contributed by atoms with van der Waals surface area (Å²) in [6.45, 7) is 1.93. The van der Waals surface area contributed by atoms with Crippen LogP contribution in [0, 0.1) is 17.6 Å². The first-order valence-corrected chi connectivity index (χ1v) is 12.0. The summed E-state index contributed by atoms with van der Waals surface area (Å²) in [7, 11) is -2.39. The molecule has 10 heteroatoms. The number of ether oxygens (including phenoxy) is 1. The summed E-state index contributed by atoms with van der Waals surface area (Å²) in [5, 5.41) is 0. The molecule has 3 rings (SSSR count). The van der Waals surface area contributed by atoms with Gasteiger partial charge in [-0.25, -0.2) is 17.2 Å². The van der Waals surface area contributed by atoms with Gasteiger partial charge in [0.25, 0.3) is 5.91 Å².